The van der Waals surface area contributed by atoms with E-state index in [1.54, 1.807) is 0 Å². The molecule has 0 aromatic heterocycles. The van der Waals surface area contributed by atoms with E-state index < -0.39 is 0 Å². The van der Waals surface area contributed by atoms with E-state index in [0.29, 0.717) is 6.04 Å². The standard InChI is InChI=1S/C15H32N2O/c1-7-8-13(11-16-14(2,3)4)17-9-10-18-15(5,6)12-17/h13,16H,7-12H2,1-6H3. The first-order valence-corrected chi connectivity index (χ1v) is 7.36. The van der Waals surface area contributed by atoms with Crippen LogP contribution in [-0.4, -0.2) is 48.3 Å². The minimum Gasteiger partial charge on any atom is -0.373 e. The van der Waals surface area contributed by atoms with Crippen molar-refractivity contribution >= 4 is 0 Å². The summed E-state index contributed by atoms with van der Waals surface area (Å²) in [6.45, 7) is 17.4. The van der Waals surface area contributed by atoms with Crippen molar-refractivity contribution in [1.82, 2.24) is 10.2 Å². The lowest BCUT2D eigenvalue weighted by Crippen LogP contribution is -2.55. The molecule has 0 spiro atoms. The molecule has 1 rings (SSSR count). The highest BCUT2D eigenvalue weighted by atomic mass is 16.5. The van der Waals surface area contributed by atoms with Gasteiger partial charge in [0.05, 0.1) is 12.2 Å². The summed E-state index contributed by atoms with van der Waals surface area (Å²) in [7, 11) is 0. The molecule has 1 N–H and O–H groups in total. The molecule has 108 valence electrons. The van der Waals surface area contributed by atoms with Crippen molar-refractivity contribution in [3.63, 3.8) is 0 Å². The molecule has 0 saturated carbocycles. The van der Waals surface area contributed by atoms with Crippen LogP contribution in [0.15, 0.2) is 0 Å². The summed E-state index contributed by atoms with van der Waals surface area (Å²) in [5.74, 6) is 0. The van der Waals surface area contributed by atoms with E-state index in [2.05, 4.69) is 51.8 Å². The number of hydrogen-bond donors (Lipinski definition) is 1. The van der Waals surface area contributed by atoms with Crippen LogP contribution in [0.5, 0.6) is 0 Å². The highest BCUT2D eigenvalue weighted by Crippen LogP contribution is 2.20. The zero-order valence-corrected chi connectivity index (χ0v) is 13.2. The summed E-state index contributed by atoms with van der Waals surface area (Å²) in [4.78, 5) is 2.60. The molecule has 0 radical (unpaired) electrons. The highest BCUT2D eigenvalue weighted by molar-refractivity contribution is 4.86. The zero-order valence-electron chi connectivity index (χ0n) is 13.2. The summed E-state index contributed by atoms with van der Waals surface area (Å²) >= 11 is 0. The maximum atomic E-state index is 5.81. The van der Waals surface area contributed by atoms with E-state index in [4.69, 9.17) is 4.74 Å². The van der Waals surface area contributed by atoms with E-state index in [1.807, 2.05) is 0 Å². The molecule has 1 fully saturated rings. The third-order valence-corrected chi connectivity index (χ3v) is 3.46. The molecule has 18 heavy (non-hydrogen) atoms. The second-order valence-electron chi connectivity index (χ2n) is 7.15. The van der Waals surface area contributed by atoms with Crippen LogP contribution >= 0.6 is 0 Å². The Balaban J connectivity index is 2.55. The van der Waals surface area contributed by atoms with E-state index in [9.17, 15) is 0 Å². The molecule has 1 atom stereocenters. The van der Waals surface area contributed by atoms with Crippen LogP contribution in [0.2, 0.25) is 0 Å². The summed E-state index contributed by atoms with van der Waals surface area (Å²) < 4.78 is 5.81. The Morgan fingerprint density at radius 2 is 2.00 bits per heavy atom. The zero-order chi connectivity index (χ0) is 13.8. The summed E-state index contributed by atoms with van der Waals surface area (Å²) in [6.07, 6.45) is 2.51. The average Bonchev–Trinajstić information content (AvgIpc) is 2.21. The molecule has 0 amide bonds. The van der Waals surface area contributed by atoms with Gasteiger partial charge in [-0.15, -0.1) is 0 Å². The Bertz CT molecular complexity index is 245. The van der Waals surface area contributed by atoms with Crippen LogP contribution in [0, 0.1) is 0 Å². The molecular weight excluding hydrogens is 224 g/mol. The van der Waals surface area contributed by atoms with Gasteiger partial charge in [0.15, 0.2) is 0 Å². The van der Waals surface area contributed by atoms with Crippen molar-refractivity contribution in [2.75, 3.05) is 26.2 Å². The lowest BCUT2D eigenvalue weighted by atomic mass is 10.0. The fourth-order valence-electron chi connectivity index (χ4n) is 2.54. The first kappa shape index (κ1) is 15.9. The van der Waals surface area contributed by atoms with Gasteiger partial charge in [-0.2, -0.15) is 0 Å². The van der Waals surface area contributed by atoms with Gasteiger partial charge in [-0.05, 0) is 41.0 Å². The van der Waals surface area contributed by atoms with E-state index >= 15 is 0 Å². The van der Waals surface area contributed by atoms with Crippen molar-refractivity contribution in [3.8, 4) is 0 Å². The molecule has 1 heterocycles. The number of ether oxygens (including phenoxy) is 1. The van der Waals surface area contributed by atoms with Gasteiger partial charge in [0.1, 0.15) is 0 Å². The molecule has 1 unspecified atom stereocenters. The Morgan fingerprint density at radius 3 is 2.50 bits per heavy atom. The first-order valence-electron chi connectivity index (χ1n) is 7.36. The topological polar surface area (TPSA) is 24.5 Å². The monoisotopic (exact) mass is 256 g/mol. The van der Waals surface area contributed by atoms with Gasteiger partial charge in [-0.1, -0.05) is 13.3 Å². The number of rotatable bonds is 5. The van der Waals surface area contributed by atoms with Crippen LogP contribution in [-0.2, 0) is 4.74 Å². The molecular formula is C15H32N2O. The van der Waals surface area contributed by atoms with Crippen LogP contribution in [0.1, 0.15) is 54.4 Å². The van der Waals surface area contributed by atoms with E-state index in [1.165, 1.54) is 12.8 Å². The van der Waals surface area contributed by atoms with Crippen LogP contribution in [0.4, 0.5) is 0 Å². The Labute approximate surface area is 113 Å². The van der Waals surface area contributed by atoms with Crippen LogP contribution in [0.3, 0.4) is 0 Å². The van der Waals surface area contributed by atoms with Gasteiger partial charge in [0.2, 0.25) is 0 Å². The van der Waals surface area contributed by atoms with Crippen molar-refractivity contribution < 1.29 is 4.74 Å². The molecule has 3 heteroatoms. The van der Waals surface area contributed by atoms with Gasteiger partial charge < -0.3 is 10.1 Å². The third-order valence-electron chi connectivity index (χ3n) is 3.46. The smallest absolute Gasteiger partial charge is 0.0753 e. The number of nitrogens with one attached hydrogen (secondary N) is 1. The van der Waals surface area contributed by atoms with Crippen LogP contribution < -0.4 is 5.32 Å². The van der Waals surface area contributed by atoms with Crippen molar-refractivity contribution in [2.24, 2.45) is 0 Å². The largest absolute Gasteiger partial charge is 0.373 e. The van der Waals surface area contributed by atoms with Crippen molar-refractivity contribution in [2.45, 2.75) is 71.6 Å². The maximum Gasteiger partial charge on any atom is 0.0753 e. The lowest BCUT2D eigenvalue weighted by molar-refractivity contribution is -0.0978. The molecule has 0 aromatic rings. The van der Waals surface area contributed by atoms with Crippen molar-refractivity contribution in [1.29, 1.82) is 0 Å². The Hall–Kier alpha value is -0.120. The SMILES string of the molecule is CCCC(CNC(C)(C)C)N1CCOC(C)(C)C1. The molecule has 1 saturated heterocycles. The van der Waals surface area contributed by atoms with Crippen molar-refractivity contribution in [3.05, 3.63) is 0 Å². The molecule has 3 nitrogen and oxygen atoms in total. The van der Waals surface area contributed by atoms with Gasteiger partial charge >= 0.3 is 0 Å². The van der Waals surface area contributed by atoms with Gasteiger partial charge in [0, 0.05) is 31.2 Å². The second-order valence-corrected chi connectivity index (χ2v) is 7.15. The predicted octanol–water partition coefficient (Wildman–Crippen LogP) is 2.65. The number of nitrogens with zero attached hydrogens (tertiary/aromatic N) is 1. The average molecular weight is 256 g/mol. The Morgan fingerprint density at radius 1 is 1.33 bits per heavy atom. The van der Waals surface area contributed by atoms with Gasteiger partial charge in [0.25, 0.3) is 0 Å². The predicted molar refractivity (Wildman–Crippen MR) is 78.1 cm³/mol. The van der Waals surface area contributed by atoms with E-state index in [-0.39, 0.29) is 11.1 Å². The molecule has 0 aliphatic carbocycles. The molecule has 0 bridgehead atoms. The Kier molecular flexibility index (Phi) is 5.63. The fraction of sp³-hybridized carbons (Fsp3) is 1.00. The lowest BCUT2D eigenvalue weighted by Gasteiger charge is -2.43. The highest BCUT2D eigenvalue weighted by Gasteiger charge is 2.31. The minimum atomic E-state index is 0.00593. The summed E-state index contributed by atoms with van der Waals surface area (Å²) in [5.41, 5.74) is 0.208. The third kappa shape index (κ3) is 5.68. The second kappa shape index (κ2) is 6.36. The van der Waals surface area contributed by atoms with Gasteiger partial charge in [-0.3, -0.25) is 4.90 Å². The molecule has 1 aliphatic heterocycles. The number of morpholine rings is 1. The molecule has 0 aromatic carbocycles. The van der Waals surface area contributed by atoms with Gasteiger partial charge in [-0.25, -0.2) is 0 Å². The number of hydrogen-bond acceptors (Lipinski definition) is 3. The summed E-state index contributed by atoms with van der Waals surface area (Å²) in [6, 6.07) is 0.636. The fourth-order valence-corrected chi connectivity index (χ4v) is 2.54. The normalized spacial score (nSPS) is 23.0. The van der Waals surface area contributed by atoms with E-state index in [0.717, 1.165) is 26.2 Å². The minimum absolute atomic E-state index is 0.00593. The molecule has 1 aliphatic rings. The maximum absolute atomic E-state index is 5.81. The summed E-state index contributed by atoms with van der Waals surface area (Å²) in [5, 5.41) is 3.65. The van der Waals surface area contributed by atoms with Crippen LogP contribution in [0.25, 0.3) is 0 Å². The first-order chi connectivity index (χ1) is 8.23. The quantitative estimate of drug-likeness (QED) is 0.818.